The predicted octanol–water partition coefficient (Wildman–Crippen LogP) is 4.21. The first-order valence-corrected chi connectivity index (χ1v) is 7.27. The summed E-state index contributed by atoms with van der Waals surface area (Å²) >= 11 is 5.81. The van der Waals surface area contributed by atoms with Crippen molar-refractivity contribution in [1.82, 2.24) is 10.2 Å². The number of hydrogen-bond acceptors (Lipinski definition) is 4. The number of hydrogen-bond donors (Lipinski definition) is 0. The molecule has 110 valence electrons. The van der Waals surface area contributed by atoms with Crippen LogP contribution in [0.15, 0.2) is 59.0 Å². The zero-order chi connectivity index (χ0) is 15.4. The quantitative estimate of drug-likeness (QED) is 0.662. The molecule has 0 aliphatic rings. The average Bonchev–Trinajstić information content (AvgIpc) is 3.03. The SMILES string of the molecule is O=C(CCc1nnc(-c2ccccc2)o1)c1ccc(Cl)cc1. The van der Waals surface area contributed by atoms with E-state index < -0.39 is 0 Å². The number of carbonyl (C=O) groups is 1. The molecule has 1 heterocycles. The minimum absolute atomic E-state index is 0.0242. The maximum Gasteiger partial charge on any atom is 0.247 e. The van der Waals surface area contributed by atoms with Crippen LogP contribution in [0.4, 0.5) is 0 Å². The van der Waals surface area contributed by atoms with Crippen molar-refractivity contribution in [3.63, 3.8) is 0 Å². The number of nitrogens with zero attached hydrogens (tertiary/aromatic N) is 2. The van der Waals surface area contributed by atoms with Gasteiger partial charge < -0.3 is 4.42 Å². The number of benzene rings is 2. The van der Waals surface area contributed by atoms with Crippen LogP contribution in [0.3, 0.4) is 0 Å². The van der Waals surface area contributed by atoms with Gasteiger partial charge in [0, 0.05) is 29.0 Å². The van der Waals surface area contributed by atoms with Crippen LogP contribution in [0.5, 0.6) is 0 Å². The van der Waals surface area contributed by atoms with Gasteiger partial charge in [-0.05, 0) is 36.4 Å². The fourth-order valence-electron chi connectivity index (χ4n) is 2.05. The molecule has 0 aliphatic carbocycles. The molecule has 5 heteroatoms. The summed E-state index contributed by atoms with van der Waals surface area (Å²) in [5.74, 6) is 0.951. The summed E-state index contributed by atoms with van der Waals surface area (Å²) in [6, 6.07) is 16.4. The Morgan fingerprint density at radius 3 is 2.45 bits per heavy atom. The standard InChI is InChI=1S/C17H13ClN2O2/c18-14-8-6-12(7-9-14)15(21)10-11-16-19-20-17(22-16)13-4-2-1-3-5-13/h1-9H,10-11H2. The summed E-state index contributed by atoms with van der Waals surface area (Å²) in [7, 11) is 0. The molecule has 3 rings (SSSR count). The molecule has 0 aliphatic heterocycles. The van der Waals surface area contributed by atoms with E-state index in [-0.39, 0.29) is 5.78 Å². The largest absolute Gasteiger partial charge is 0.421 e. The highest BCUT2D eigenvalue weighted by molar-refractivity contribution is 6.30. The van der Waals surface area contributed by atoms with E-state index in [0.717, 1.165) is 5.56 Å². The number of aryl methyl sites for hydroxylation is 1. The van der Waals surface area contributed by atoms with Crippen LogP contribution in [0.1, 0.15) is 22.7 Å². The molecule has 0 unspecified atom stereocenters. The number of carbonyl (C=O) groups excluding carboxylic acids is 1. The summed E-state index contributed by atoms with van der Waals surface area (Å²) in [5.41, 5.74) is 1.50. The lowest BCUT2D eigenvalue weighted by molar-refractivity contribution is 0.0980. The molecular weight excluding hydrogens is 300 g/mol. The number of Topliss-reactive ketones (excluding diaryl/α,β-unsaturated/α-hetero) is 1. The van der Waals surface area contributed by atoms with Gasteiger partial charge in [-0.15, -0.1) is 10.2 Å². The van der Waals surface area contributed by atoms with Crippen molar-refractivity contribution >= 4 is 17.4 Å². The van der Waals surface area contributed by atoms with Crippen molar-refractivity contribution in [1.29, 1.82) is 0 Å². The van der Waals surface area contributed by atoms with Crippen molar-refractivity contribution < 1.29 is 9.21 Å². The molecule has 0 fully saturated rings. The third kappa shape index (κ3) is 3.40. The van der Waals surface area contributed by atoms with E-state index in [4.69, 9.17) is 16.0 Å². The van der Waals surface area contributed by atoms with Gasteiger partial charge in [-0.3, -0.25) is 4.79 Å². The third-order valence-corrected chi connectivity index (χ3v) is 3.47. The molecule has 0 radical (unpaired) electrons. The molecule has 0 saturated heterocycles. The van der Waals surface area contributed by atoms with Crippen LogP contribution in [0.25, 0.3) is 11.5 Å². The van der Waals surface area contributed by atoms with E-state index in [2.05, 4.69) is 10.2 Å². The lowest BCUT2D eigenvalue weighted by Crippen LogP contribution is -2.01. The van der Waals surface area contributed by atoms with Crippen LogP contribution in [0, 0.1) is 0 Å². The Balaban J connectivity index is 1.64. The molecule has 0 bridgehead atoms. The second-order valence-corrected chi connectivity index (χ2v) is 5.23. The average molecular weight is 313 g/mol. The number of rotatable bonds is 5. The zero-order valence-electron chi connectivity index (χ0n) is 11.7. The Bertz CT molecular complexity index is 767. The first-order valence-electron chi connectivity index (χ1n) is 6.89. The Morgan fingerprint density at radius 2 is 1.73 bits per heavy atom. The first kappa shape index (κ1) is 14.5. The van der Waals surface area contributed by atoms with Gasteiger partial charge in [0.2, 0.25) is 11.8 Å². The molecule has 22 heavy (non-hydrogen) atoms. The summed E-state index contributed by atoms with van der Waals surface area (Å²) in [6.07, 6.45) is 0.735. The minimum Gasteiger partial charge on any atom is -0.421 e. The van der Waals surface area contributed by atoms with Crippen LogP contribution < -0.4 is 0 Å². The van der Waals surface area contributed by atoms with E-state index in [1.54, 1.807) is 24.3 Å². The summed E-state index contributed by atoms with van der Waals surface area (Å²) in [4.78, 5) is 12.1. The summed E-state index contributed by atoms with van der Waals surface area (Å²) in [6.45, 7) is 0. The topological polar surface area (TPSA) is 56.0 Å². The molecule has 1 aromatic heterocycles. The molecule has 3 aromatic rings. The van der Waals surface area contributed by atoms with Crippen molar-refractivity contribution in [3.05, 3.63) is 71.1 Å². The fraction of sp³-hybridized carbons (Fsp3) is 0.118. The van der Waals surface area contributed by atoms with Crippen LogP contribution in [-0.4, -0.2) is 16.0 Å². The predicted molar refractivity (Wildman–Crippen MR) is 83.8 cm³/mol. The lowest BCUT2D eigenvalue weighted by Gasteiger charge is -1.99. The van der Waals surface area contributed by atoms with Crippen molar-refractivity contribution in [3.8, 4) is 11.5 Å². The fourth-order valence-corrected chi connectivity index (χ4v) is 2.18. The van der Waals surface area contributed by atoms with Gasteiger partial charge >= 0.3 is 0 Å². The van der Waals surface area contributed by atoms with Gasteiger partial charge in [0.15, 0.2) is 5.78 Å². The van der Waals surface area contributed by atoms with Gasteiger partial charge in [0.05, 0.1) is 0 Å². The molecular formula is C17H13ClN2O2. The molecule has 0 saturated carbocycles. The molecule has 4 nitrogen and oxygen atoms in total. The first-order chi connectivity index (χ1) is 10.7. The van der Waals surface area contributed by atoms with Gasteiger partial charge in [0.25, 0.3) is 0 Å². The van der Waals surface area contributed by atoms with Gasteiger partial charge in [-0.1, -0.05) is 29.8 Å². The number of halogens is 1. The highest BCUT2D eigenvalue weighted by Gasteiger charge is 2.11. The van der Waals surface area contributed by atoms with E-state index in [1.165, 1.54) is 0 Å². The second-order valence-electron chi connectivity index (χ2n) is 4.80. The summed E-state index contributed by atoms with van der Waals surface area (Å²) < 4.78 is 5.58. The van der Waals surface area contributed by atoms with Gasteiger partial charge in [-0.2, -0.15) is 0 Å². The maximum atomic E-state index is 12.1. The molecule has 2 aromatic carbocycles. The number of aromatic nitrogens is 2. The van der Waals surface area contributed by atoms with E-state index in [0.29, 0.717) is 35.2 Å². The van der Waals surface area contributed by atoms with E-state index in [9.17, 15) is 4.79 Å². The molecule has 0 atom stereocenters. The van der Waals surface area contributed by atoms with Crippen molar-refractivity contribution in [2.24, 2.45) is 0 Å². The monoisotopic (exact) mass is 312 g/mol. The van der Waals surface area contributed by atoms with Crippen LogP contribution in [-0.2, 0) is 6.42 Å². The van der Waals surface area contributed by atoms with Crippen molar-refractivity contribution in [2.75, 3.05) is 0 Å². The van der Waals surface area contributed by atoms with Crippen molar-refractivity contribution in [2.45, 2.75) is 12.8 Å². The summed E-state index contributed by atoms with van der Waals surface area (Å²) in [5, 5.41) is 8.60. The number of ketones is 1. The van der Waals surface area contributed by atoms with E-state index >= 15 is 0 Å². The molecule has 0 N–H and O–H groups in total. The van der Waals surface area contributed by atoms with E-state index in [1.807, 2.05) is 30.3 Å². The van der Waals surface area contributed by atoms with Gasteiger partial charge in [0.1, 0.15) is 0 Å². The Hall–Kier alpha value is -2.46. The van der Waals surface area contributed by atoms with Crippen LogP contribution in [0.2, 0.25) is 5.02 Å². The molecule has 0 spiro atoms. The third-order valence-electron chi connectivity index (χ3n) is 3.22. The minimum atomic E-state index is 0.0242. The van der Waals surface area contributed by atoms with Gasteiger partial charge in [-0.25, -0.2) is 0 Å². The highest BCUT2D eigenvalue weighted by Crippen LogP contribution is 2.18. The Morgan fingerprint density at radius 1 is 1.00 bits per heavy atom. The zero-order valence-corrected chi connectivity index (χ0v) is 12.5. The lowest BCUT2D eigenvalue weighted by atomic mass is 10.1. The smallest absolute Gasteiger partial charge is 0.247 e. The normalized spacial score (nSPS) is 10.6. The highest BCUT2D eigenvalue weighted by atomic mass is 35.5. The molecule has 0 amide bonds. The maximum absolute atomic E-state index is 12.1. The Kier molecular flexibility index (Phi) is 4.30. The second kappa shape index (κ2) is 6.54. The Labute approximate surface area is 132 Å². The van der Waals surface area contributed by atoms with Crippen LogP contribution >= 0.6 is 11.6 Å².